The van der Waals surface area contributed by atoms with E-state index in [1.54, 1.807) is 11.8 Å². The highest BCUT2D eigenvalue weighted by Gasteiger charge is 2.34. The average Bonchev–Trinajstić information content (AvgIpc) is 3.40. The quantitative estimate of drug-likeness (QED) is 0.361. The van der Waals surface area contributed by atoms with E-state index in [0.29, 0.717) is 26.1 Å². The molecule has 0 aliphatic carbocycles. The fourth-order valence-corrected chi connectivity index (χ4v) is 4.77. The number of anilines is 1. The maximum atomic E-state index is 12.9. The number of thioether (sulfide) groups is 1. The van der Waals surface area contributed by atoms with E-state index in [1.165, 1.54) is 0 Å². The van der Waals surface area contributed by atoms with Crippen molar-refractivity contribution in [3.05, 3.63) is 84.7 Å². The molecule has 1 amide bonds. The van der Waals surface area contributed by atoms with Gasteiger partial charge in [0.05, 0.1) is 17.6 Å². The molecule has 4 aromatic rings. The number of hydrogen-bond donors (Lipinski definition) is 0. The van der Waals surface area contributed by atoms with E-state index < -0.39 is 0 Å². The Hall–Kier alpha value is -3.25. The van der Waals surface area contributed by atoms with Gasteiger partial charge in [0, 0.05) is 29.5 Å². The van der Waals surface area contributed by atoms with E-state index in [9.17, 15) is 4.79 Å². The molecule has 6 heteroatoms. The lowest BCUT2D eigenvalue weighted by Gasteiger charge is -2.18. The number of carbonyl (C=O) groups excluding carboxylic acids is 1. The van der Waals surface area contributed by atoms with Crippen LogP contribution in [0.5, 0.6) is 5.75 Å². The largest absolute Gasteiger partial charge is 0.492 e. The third kappa shape index (κ3) is 4.10. The Labute approximate surface area is 192 Å². The second kappa shape index (κ2) is 9.09. The fraction of sp³-hybridized carbons (Fsp3) is 0.231. The number of amides is 1. The molecule has 1 unspecified atom stereocenters. The second-order valence-corrected chi connectivity index (χ2v) is 8.76. The van der Waals surface area contributed by atoms with Gasteiger partial charge in [0.15, 0.2) is 0 Å². The molecular formula is C26H25N3O2S. The first kappa shape index (κ1) is 20.6. The van der Waals surface area contributed by atoms with Gasteiger partial charge in [-0.3, -0.25) is 4.79 Å². The lowest BCUT2D eigenvalue weighted by atomic mass is 10.1. The molecule has 1 atom stereocenters. The molecule has 0 spiro atoms. The molecule has 1 aliphatic heterocycles. The van der Waals surface area contributed by atoms with Gasteiger partial charge < -0.3 is 14.2 Å². The van der Waals surface area contributed by atoms with Crippen molar-refractivity contribution in [2.45, 2.75) is 23.8 Å². The molecule has 0 saturated carbocycles. The molecule has 2 heterocycles. The topological polar surface area (TPSA) is 47.4 Å². The highest BCUT2D eigenvalue weighted by molar-refractivity contribution is 7.98. The van der Waals surface area contributed by atoms with Crippen LogP contribution in [0.4, 0.5) is 5.69 Å². The summed E-state index contributed by atoms with van der Waals surface area (Å²) in [5, 5.41) is 0. The van der Waals surface area contributed by atoms with Crippen LogP contribution in [-0.4, -0.2) is 34.9 Å². The SMILES string of the molecule is CSc1cccc(N2CC(c3nc4ccccc4n3CCOc3ccccc3)CC2=O)c1. The number of fused-ring (bicyclic) bond motifs is 1. The van der Waals surface area contributed by atoms with Gasteiger partial charge in [0.2, 0.25) is 5.91 Å². The Morgan fingerprint density at radius 1 is 1.03 bits per heavy atom. The van der Waals surface area contributed by atoms with Crippen LogP contribution in [0.3, 0.4) is 0 Å². The van der Waals surface area contributed by atoms with Crippen molar-refractivity contribution < 1.29 is 9.53 Å². The van der Waals surface area contributed by atoms with Crippen molar-refractivity contribution in [1.82, 2.24) is 9.55 Å². The summed E-state index contributed by atoms with van der Waals surface area (Å²) in [6, 6.07) is 26.2. The maximum Gasteiger partial charge on any atom is 0.227 e. The summed E-state index contributed by atoms with van der Waals surface area (Å²) in [6.07, 6.45) is 2.51. The minimum Gasteiger partial charge on any atom is -0.492 e. The van der Waals surface area contributed by atoms with Crippen molar-refractivity contribution in [3.63, 3.8) is 0 Å². The van der Waals surface area contributed by atoms with E-state index in [-0.39, 0.29) is 11.8 Å². The number of ether oxygens (including phenoxy) is 1. The Bertz CT molecular complexity index is 1240. The van der Waals surface area contributed by atoms with Crippen LogP contribution < -0.4 is 9.64 Å². The maximum absolute atomic E-state index is 12.9. The number of hydrogen-bond acceptors (Lipinski definition) is 4. The Morgan fingerprint density at radius 2 is 1.84 bits per heavy atom. The van der Waals surface area contributed by atoms with E-state index in [1.807, 2.05) is 71.8 Å². The average molecular weight is 444 g/mol. The Balaban J connectivity index is 1.41. The van der Waals surface area contributed by atoms with E-state index in [0.717, 1.165) is 33.2 Å². The molecular weight excluding hydrogens is 418 g/mol. The van der Waals surface area contributed by atoms with Gasteiger partial charge in [0.1, 0.15) is 18.2 Å². The smallest absolute Gasteiger partial charge is 0.227 e. The molecule has 32 heavy (non-hydrogen) atoms. The molecule has 1 saturated heterocycles. The van der Waals surface area contributed by atoms with Gasteiger partial charge in [-0.25, -0.2) is 4.98 Å². The van der Waals surface area contributed by atoms with E-state index in [4.69, 9.17) is 9.72 Å². The first-order chi connectivity index (χ1) is 15.7. The lowest BCUT2D eigenvalue weighted by Crippen LogP contribution is -2.24. The summed E-state index contributed by atoms with van der Waals surface area (Å²) in [5.41, 5.74) is 2.99. The predicted octanol–water partition coefficient (Wildman–Crippen LogP) is 5.36. The monoisotopic (exact) mass is 443 g/mol. The van der Waals surface area contributed by atoms with Crippen LogP contribution in [0.25, 0.3) is 11.0 Å². The van der Waals surface area contributed by atoms with Crippen LogP contribution >= 0.6 is 11.8 Å². The molecule has 162 valence electrons. The van der Waals surface area contributed by atoms with E-state index in [2.05, 4.69) is 22.8 Å². The molecule has 5 rings (SSSR count). The number of para-hydroxylation sites is 3. The van der Waals surface area contributed by atoms with Crippen LogP contribution in [0.2, 0.25) is 0 Å². The molecule has 1 aromatic heterocycles. The number of imidazole rings is 1. The minimum atomic E-state index is 0.0459. The molecule has 1 aliphatic rings. The van der Waals surface area contributed by atoms with E-state index >= 15 is 0 Å². The standard InChI is InChI=1S/C26H25N3O2S/c1-32-22-11-7-8-20(17-22)29-18-19(16-25(29)30)26-27-23-12-5-6-13-24(23)28(26)14-15-31-21-9-3-2-4-10-21/h2-13,17,19H,14-16,18H2,1H3. The summed E-state index contributed by atoms with van der Waals surface area (Å²) in [4.78, 5) is 20.9. The lowest BCUT2D eigenvalue weighted by molar-refractivity contribution is -0.117. The highest BCUT2D eigenvalue weighted by atomic mass is 32.2. The number of benzene rings is 3. The van der Waals surface area contributed by atoms with Gasteiger partial charge in [-0.2, -0.15) is 0 Å². The minimum absolute atomic E-state index is 0.0459. The highest BCUT2D eigenvalue weighted by Crippen LogP contribution is 2.34. The molecule has 0 radical (unpaired) electrons. The predicted molar refractivity (Wildman–Crippen MR) is 130 cm³/mol. The Morgan fingerprint density at radius 3 is 2.69 bits per heavy atom. The van der Waals surface area contributed by atoms with Crippen LogP contribution in [0, 0.1) is 0 Å². The fourth-order valence-electron chi connectivity index (χ4n) is 4.32. The number of nitrogens with zero attached hydrogens (tertiary/aromatic N) is 3. The zero-order valence-corrected chi connectivity index (χ0v) is 18.8. The van der Waals surface area contributed by atoms with Crippen molar-refractivity contribution in [3.8, 4) is 5.75 Å². The third-order valence-electron chi connectivity index (χ3n) is 5.87. The van der Waals surface area contributed by atoms with Gasteiger partial charge in [0.25, 0.3) is 0 Å². The Kier molecular flexibility index (Phi) is 5.86. The van der Waals surface area contributed by atoms with Crippen molar-refractivity contribution in [2.75, 3.05) is 24.3 Å². The van der Waals surface area contributed by atoms with Gasteiger partial charge in [-0.05, 0) is 48.7 Å². The number of rotatable bonds is 7. The molecule has 3 aromatic carbocycles. The first-order valence-electron chi connectivity index (χ1n) is 10.8. The second-order valence-electron chi connectivity index (χ2n) is 7.88. The van der Waals surface area contributed by atoms with Gasteiger partial charge in [-0.1, -0.05) is 36.4 Å². The summed E-state index contributed by atoms with van der Waals surface area (Å²) >= 11 is 1.68. The number of carbonyl (C=O) groups is 1. The number of aromatic nitrogens is 2. The summed E-state index contributed by atoms with van der Waals surface area (Å²) < 4.78 is 8.17. The van der Waals surface area contributed by atoms with Crippen LogP contribution in [0.1, 0.15) is 18.2 Å². The van der Waals surface area contributed by atoms with Gasteiger partial charge >= 0.3 is 0 Å². The molecule has 0 bridgehead atoms. The summed E-state index contributed by atoms with van der Waals surface area (Å²) in [6.45, 7) is 1.86. The summed E-state index contributed by atoms with van der Waals surface area (Å²) in [7, 11) is 0. The zero-order valence-electron chi connectivity index (χ0n) is 18.0. The first-order valence-corrected chi connectivity index (χ1v) is 12.0. The molecule has 5 nitrogen and oxygen atoms in total. The van der Waals surface area contributed by atoms with Crippen molar-refractivity contribution in [2.24, 2.45) is 0 Å². The summed E-state index contributed by atoms with van der Waals surface area (Å²) in [5.74, 6) is 2.01. The molecule has 0 N–H and O–H groups in total. The van der Waals surface area contributed by atoms with Gasteiger partial charge in [-0.15, -0.1) is 11.8 Å². The zero-order chi connectivity index (χ0) is 21.9. The van der Waals surface area contributed by atoms with Crippen molar-refractivity contribution >= 4 is 34.4 Å². The van der Waals surface area contributed by atoms with Crippen LogP contribution in [0.15, 0.2) is 83.8 Å². The normalized spacial score (nSPS) is 16.1. The third-order valence-corrected chi connectivity index (χ3v) is 6.59. The van der Waals surface area contributed by atoms with Crippen LogP contribution in [-0.2, 0) is 11.3 Å². The van der Waals surface area contributed by atoms with Crippen molar-refractivity contribution in [1.29, 1.82) is 0 Å². The molecule has 1 fully saturated rings.